The molecule has 20 heavy (non-hydrogen) atoms. The molecule has 8 heteroatoms. The molecule has 1 aromatic rings. The van der Waals surface area contributed by atoms with Crippen LogP contribution >= 0.6 is 0 Å². The number of anilines is 2. The average Bonchev–Trinajstić information content (AvgIpc) is 2.36. The predicted octanol–water partition coefficient (Wildman–Crippen LogP) is 2.29. The minimum absolute atomic E-state index is 0.0465. The second kappa shape index (κ2) is 6.74. The molecule has 0 aliphatic heterocycles. The summed E-state index contributed by atoms with van der Waals surface area (Å²) in [6.07, 6.45) is -3.66. The Bertz CT molecular complexity index is 435. The molecular formula is C12H19F3N4O. The zero-order valence-corrected chi connectivity index (χ0v) is 11.4. The zero-order valence-electron chi connectivity index (χ0n) is 11.4. The minimum Gasteiger partial charge on any atom is -0.391 e. The van der Waals surface area contributed by atoms with Crippen molar-refractivity contribution in [1.82, 2.24) is 9.97 Å². The second-order valence-corrected chi connectivity index (χ2v) is 4.52. The standard InChI is InChI=1S/C12H19F3N4O/c1-3-7(4-2)8(20)6-17-10-5-9(12(13,14)15)18-11(16)19-10/h5,7-8,20H,3-4,6H2,1-2H3,(H3,16,17,18,19). The molecule has 0 aliphatic rings. The number of hydrogen-bond donors (Lipinski definition) is 3. The molecular weight excluding hydrogens is 273 g/mol. The van der Waals surface area contributed by atoms with E-state index >= 15 is 0 Å². The van der Waals surface area contributed by atoms with Crippen LogP contribution in [0.25, 0.3) is 0 Å². The molecule has 0 bridgehead atoms. The zero-order chi connectivity index (χ0) is 15.3. The van der Waals surface area contributed by atoms with E-state index in [1.54, 1.807) is 0 Å². The van der Waals surface area contributed by atoms with E-state index in [4.69, 9.17) is 5.73 Å². The Labute approximate surface area is 115 Å². The number of aromatic nitrogens is 2. The van der Waals surface area contributed by atoms with Crippen LogP contribution in [0.4, 0.5) is 24.9 Å². The van der Waals surface area contributed by atoms with E-state index in [0.717, 1.165) is 18.9 Å². The number of nitrogen functional groups attached to an aromatic ring is 1. The van der Waals surface area contributed by atoms with E-state index in [1.165, 1.54) is 0 Å². The molecule has 0 saturated carbocycles. The Kier molecular flexibility index (Phi) is 5.55. The molecule has 0 amide bonds. The molecule has 0 fully saturated rings. The topological polar surface area (TPSA) is 84.1 Å². The van der Waals surface area contributed by atoms with Crippen molar-refractivity contribution in [3.63, 3.8) is 0 Å². The number of nitrogens with zero attached hydrogens (tertiary/aromatic N) is 2. The largest absolute Gasteiger partial charge is 0.433 e. The molecule has 1 heterocycles. The maximum absolute atomic E-state index is 12.6. The molecule has 0 aliphatic carbocycles. The predicted molar refractivity (Wildman–Crippen MR) is 70.0 cm³/mol. The summed E-state index contributed by atoms with van der Waals surface area (Å²) < 4.78 is 37.7. The van der Waals surface area contributed by atoms with Crippen molar-refractivity contribution in [3.05, 3.63) is 11.8 Å². The van der Waals surface area contributed by atoms with Crippen molar-refractivity contribution in [2.75, 3.05) is 17.6 Å². The molecule has 1 rings (SSSR count). The highest BCUT2D eigenvalue weighted by Gasteiger charge is 2.33. The van der Waals surface area contributed by atoms with Crippen molar-refractivity contribution in [2.45, 2.75) is 39.0 Å². The fraction of sp³-hybridized carbons (Fsp3) is 0.667. The highest BCUT2D eigenvalue weighted by Crippen LogP contribution is 2.29. The fourth-order valence-electron chi connectivity index (χ4n) is 1.91. The van der Waals surface area contributed by atoms with E-state index in [2.05, 4.69) is 15.3 Å². The van der Waals surface area contributed by atoms with Gasteiger partial charge in [-0.15, -0.1) is 0 Å². The quantitative estimate of drug-likeness (QED) is 0.749. The van der Waals surface area contributed by atoms with Crippen molar-refractivity contribution in [3.8, 4) is 0 Å². The Balaban J connectivity index is 2.76. The lowest BCUT2D eigenvalue weighted by atomic mass is 9.96. The Morgan fingerprint density at radius 2 is 1.90 bits per heavy atom. The Morgan fingerprint density at radius 1 is 1.30 bits per heavy atom. The Morgan fingerprint density at radius 3 is 2.40 bits per heavy atom. The number of halogens is 3. The lowest BCUT2D eigenvalue weighted by molar-refractivity contribution is -0.141. The van der Waals surface area contributed by atoms with E-state index in [0.29, 0.717) is 0 Å². The van der Waals surface area contributed by atoms with Gasteiger partial charge in [0.15, 0.2) is 5.69 Å². The second-order valence-electron chi connectivity index (χ2n) is 4.52. The van der Waals surface area contributed by atoms with Crippen molar-refractivity contribution < 1.29 is 18.3 Å². The summed E-state index contributed by atoms with van der Waals surface area (Å²) >= 11 is 0. The van der Waals surface area contributed by atoms with E-state index < -0.39 is 23.9 Å². The summed E-state index contributed by atoms with van der Waals surface area (Å²) in [5.74, 6) is -0.419. The van der Waals surface area contributed by atoms with Gasteiger partial charge in [0.1, 0.15) is 5.82 Å². The van der Waals surface area contributed by atoms with Crippen molar-refractivity contribution in [2.24, 2.45) is 5.92 Å². The van der Waals surface area contributed by atoms with Crippen LogP contribution in [0, 0.1) is 5.92 Å². The molecule has 1 aromatic heterocycles. The molecule has 0 spiro atoms. The summed E-state index contributed by atoms with van der Waals surface area (Å²) in [6.45, 7) is 4.00. The van der Waals surface area contributed by atoms with Gasteiger partial charge in [-0.3, -0.25) is 0 Å². The lowest BCUT2D eigenvalue weighted by Crippen LogP contribution is -2.28. The number of alkyl halides is 3. The highest BCUT2D eigenvalue weighted by atomic mass is 19.4. The number of nitrogens with one attached hydrogen (secondary N) is 1. The van der Waals surface area contributed by atoms with Crippen LogP contribution < -0.4 is 11.1 Å². The number of nitrogens with two attached hydrogens (primary N) is 1. The summed E-state index contributed by atoms with van der Waals surface area (Å²) in [6, 6.07) is 0.774. The fourth-order valence-corrected chi connectivity index (χ4v) is 1.91. The first kappa shape index (κ1) is 16.5. The molecule has 0 saturated heterocycles. The molecule has 4 N–H and O–H groups in total. The van der Waals surface area contributed by atoms with Gasteiger partial charge in [0.2, 0.25) is 5.95 Å². The minimum atomic E-state index is -4.58. The van der Waals surface area contributed by atoms with Crippen LogP contribution in [-0.2, 0) is 6.18 Å². The third kappa shape index (κ3) is 4.52. The van der Waals surface area contributed by atoms with E-state index in [9.17, 15) is 18.3 Å². The monoisotopic (exact) mass is 292 g/mol. The van der Waals surface area contributed by atoms with Crippen LogP contribution in [0.5, 0.6) is 0 Å². The van der Waals surface area contributed by atoms with Gasteiger partial charge in [-0.05, 0) is 5.92 Å². The lowest BCUT2D eigenvalue weighted by Gasteiger charge is -2.20. The Hall–Kier alpha value is -1.57. The van der Waals surface area contributed by atoms with E-state index in [1.807, 2.05) is 13.8 Å². The van der Waals surface area contributed by atoms with Gasteiger partial charge in [0.05, 0.1) is 6.10 Å². The first-order chi connectivity index (χ1) is 9.27. The smallest absolute Gasteiger partial charge is 0.391 e. The third-order valence-corrected chi connectivity index (χ3v) is 3.12. The molecule has 0 radical (unpaired) electrons. The molecule has 114 valence electrons. The maximum Gasteiger partial charge on any atom is 0.433 e. The van der Waals surface area contributed by atoms with Crippen LogP contribution in [0.2, 0.25) is 0 Å². The van der Waals surface area contributed by atoms with Gasteiger partial charge in [-0.25, -0.2) is 4.98 Å². The highest BCUT2D eigenvalue weighted by molar-refractivity contribution is 5.41. The first-order valence-electron chi connectivity index (χ1n) is 6.41. The van der Waals surface area contributed by atoms with Crippen LogP contribution in [0.15, 0.2) is 6.07 Å². The summed E-state index contributed by atoms with van der Waals surface area (Å²) in [5.41, 5.74) is 4.14. The van der Waals surface area contributed by atoms with Gasteiger partial charge >= 0.3 is 6.18 Å². The summed E-state index contributed by atoms with van der Waals surface area (Å²) in [4.78, 5) is 6.81. The van der Waals surface area contributed by atoms with Crippen LogP contribution in [0.3, 0.4) is 0 Å². The molecule has 1 atom stereocenters. The van der Waals surface area contributed by atoms with Gasteiger partial charge in [0, 0.05) is 12.6 Å². The normalized spacial score (nSPS) is 13.6. The number of hydrogen-bond acceptors (Lipinski definition) is 5. The first-order valence-corrected chi connectivity index (χ1v) is 6.41. The summed E-state index contributed by atoms with van der Waals surface area (Å²) in [5, 5.41) is 12.6. The molecule has 0 aromatic carbocycles. The van der Waals surface area contributed by atoms with Crippen molar-refractivity contribution in [1.29, 1.82) is 0 Å². The molecule has 5 nitrogen and oxygen atoms in total. The summed E-state index contributed by atoms with van der Waals surface area (Å²) in [7, 11) is 0. The SMILES string of the molecule is CCC(CC)C(O)CNc1cc(C(F)(F)F)nc(N)n1. The average molecular weight is 292 g/mol. The number of rotatable bonds is 6. The van der Waals surface area contributed by atoms with Gasteiger partial charge in [-0.2, -0.15) is 18.2 Å². The van der Waals surface area contributed by atoms with Crippen molar-refractivity contribution >= 4 is 11.8 Å². The van der Waals surface area contributed by atoms with Crippen LogP contribution in [-0.4, -0.2) is 27.7 Å². The number of aliphatic hydroxyl groups is 1. The van der Waals surface area contributed by atoms with Crippen LogP contribution in [0.1, 0.15) is 32.4 Å². The number of aliphatic hydroxyl groups excluding tert-OH is 1. The van der Waals surface area contributed by atoms with Gasteiger partial charge in [0.25, 0.3) is 0 Å². The van der Waals surface area contributed by atoms with Gasteiger partial charge in [-0.1, -0.05) is 26.7 Å². The van der Waals surface area contributed by atoms with Gasteiger partial charge < -0.3 is 16.2 Å². The molecule has 1 unspecified atom stereocenters. The maximum atomic E-state index is 12.6. The van der Waals surface area contributed by atoms with E-state index in [-0.39, 0.29) is 18.3 Å². The third-order valence-electron chi connectivity index (χ3n) is 3.12.